The molecule has 3 aromatic rings. The van der Waals surface area contributed by atoms with E-state index in [1.165, 1.54) is 0 Å². The SMILES string of the molecule is CCc1cc(-c2ccc3cc[nH]c3c2)[nH]c1C(=O)O. The molecular formula is C15H14N2O2. The van der Waals surface area contributed by atoms with E-state index >= 15 is 0 Å². The van der Waals surface area contributed by atoms with Crippen molar-refractivity contribution in [1.82, 2.24) is 9.97 Å². The molecule has 0 amide bonds. The highest BCUT2D eigenvalue weighted by atomic mass is 16.4. The van der Waals surface area contributed by atoms with Crippen molar-refractivity contribution in [3.63, 3.8) is 0 Å². The molecule has 0 saturated heterocycles. The van der Waals surface area contributed by atoms with Crippen LogP contribution in [0.5, 0.6) is 0 Å². The van der Waals surface area contributed by atoms with Gasteiger partial charge in [0.2, 0.25) is 0 Å². The number of carboxylic acids is 1. The molecule has 0 saturated carbocycles. The van der Waals surface area contributed by atoms with Gasteiger partial charge in [0.1, 0.15) is 5.69 Å². The molecule has 0 fully saturated rings. The fraction of sp³-hybridized carbons (Fsp3) is 0.133. The van der Waals surface area contributed by atoms with E-state index in [1.807, 2.05) is 43.5 Å². The minimum absolute atomic E-state index is 0.282. The maximum Gasteiger partial charge on any atom is 0.352 e. The number of aryl methyl sites for hydroxylation is 1. The van der Waals surface area contributed by atoms with Crippen LogP contribution in [0.15, 0.2) is 36.5 Å². The normalized spacial score (nSPS) is 11.0. The minimum Gasteiger partial charge on any atom is -0.477 e. The van der Waals surface area contributed by atoms with Crippen LogP contribution in [0.25, 0.3) is 22.2 Å². The number of carbonyl (C=O) groups is 1. The van der Waals surface area contributed by atoms with E-state index in [4.69, 9.17) is 5.11 Å². The van der Waals surface area contributed by atoms with E-state index in [2.05, 4.69) is 9.97 Å². The van der Waals surface area contributed by atoms with Gasteiger partial charge in [0, 0.05) is 23.0 Å². The molecule has 0 spiro atoms. The Bertz CT molecular complexity index is 752. The lowest BCUT2D eigenvalue weighted by atomic mass is 10.1. The van der Waals surface area contributed by atoms with Crippen molar-refractivity contribution in [2.75, 3.05) is 0 Å². The number of hydrogen-bond acceptors (Lipinski definition) is 1. The van der Waals surface area contributed by atoms with E-state index in [9.17, 15) is 4.79 Å². The van der Waals surface area contributed by atoms with Gasteiger partial charge in [0.05, 0.1) is 0 Å². The van der Waals surface area contributed by atoms with Gasteiger partial charge in [-0.15, -0.1) is 0 Å². The molecule has 0 radical (unpaired) electrons. The molecule has 3 rings (SSSR count). The summed E-state index contributed by atoms with van der Waals surface area (Å²) in [5.41, 5.74) is 3.98. The molecule has 0 unspecified atom stereocenters. The Hall–Kier alpha value is -2.49. The highest BCUT2D eigenvalue weighted by Crippen LogP contribution is 2.25. The summed E-state index contributed by atoms with van der Waals surface area (Å²) in [5.74, 6) is -0.913. The van der Waals surface area contributed by atoms with E-state index in [0.717, 1.165) is 27.7 Å². The highest BCUT2D eigenvalue weighted by molar-refractivity contribution is 5.90. The fourth-order valence-electron chi connectivity index (χ4n) is 2.34. The van der Waals surface area contributed by atoms with Crippen molar-refractivity contribution in [1.29, 1.82) is 0 Å². The Morgan fingerprint density at radius 2 is 2.11 bits per heavy atom. The number of aromatic nitrogens is 2. The predicted octanol–water partition coefficient (Wildman–Crippen LogP) is 3.42. The summed E-state index contributed by atoms with van der Waals surface area (Å²) < 4.78 is 0. The zero-order valence-electron chi connectivity index (χ0n) is 10.5. The summed E-state index contributed by atoms with van der Waals surface area (Å²) >= 11 is 0. The van der Waals surface area contributed by atoms with Gasteiger partial charge < -0.3 is 15.1 Å². The van der Waals surface area contributed by atoms with Gasteiger partial charge in [-0.25, -0.2) is 4.79 Å². The zero-order valence-corrected chi connectivity index (χ0v) is 10.5. The standard InChI is InChI=1S/C15H14N2O2/c1-2-9-7-13(17-14(9)15(18)19)11-4-3-10-5-6-16-12(10)8-11/h3-8,16-17H,2H2,1H3,(H,18,19). The average molecular weight is 254 g/mol. The second-order valence-electron chi connectivity index (χ2n) is 4.52. The summed E-state index contributed by atoms with van der Waals surface area (Å²) in [6.45, 7) is 1.95. The van der Waals surface area contributed by atoms with Crippen LogP contribution in [-0.2, 0) is 6.42 Å². The van der Waals surface area contributed by atoms with E-state index < -0.39 is 5.97 Å². The lowest BCUT2D eigenvalue weighted by molar-refractivity contribution is 0.0690. The van der Waals surface area contributed by atoms with Crippen LogP contribution in [-0.4, -0.2) is 21.0 Å². The number of fused-ring (bicyclic) bond motifs is 1. The lowest BCUT2D eigenvalue weighted by Crippen LogP contribution is -2.00. The molecule has 0 aliphatic heterocycles. The molecule has 96 valence electrons. The van der Waals surface area contributed by atoms with Crippen LogP contribution in [0, 0.1) is 0 Å². The van der Waals surface area contributed by atoms with Crippen molar-refractivity contribution in [2.45, 2.75) is 13.3 Å². The van der Waals surface area contributed by atoms with E-state index in [1.54, 1.807) is 0 Å². The molecule has 0 atom stereocenters. The first kappa shape index (κ1) is 11.6. The molecule has 2 heterocycles. The largest absolute Gasteiger partial charge is 0.477 e. The smallest absolute Gasteiger partial charge is 0.352 e. The summed E-state index contributed by atoms with van der Waals surface area (Å²) in [7, 11) is 0. The minimum atomic E-state index is -0.913. The van der Waals surface area contributed by atoms with Crippen LogP contribution < -0.4 is 0 Å². The van der Waals surface area contributed by atoms with Gasteiger partial charge in [-0.05, 0) is 35.6 Å². The Labute approximate surface area is 110 Å². The van der Waals surface area contributed by atoms with Crippen molar-refractivity contribution in [3.05, 3.63) is 47.8 Å². The third-order valence-electron chi connectivity index (χ3n) is 3.36. The van der Waals surface area contributed by atoms with Gasteiger partial charge in [-0.2, -0.15) is 0 Å². The molecule has 19 heavy (non-hydrogen) atoms. The lowest BCUT2D eigenvalue weighted by Gasteiger charge is -1.98. The fourth-order valence-corrected chi connectivity index (χ4v) is 2.34. The van der Waals surface area contributed by atoms with Crippen molar-refractivity contribution in [3.8, 4) is 11.3 Å². The molecular weight excluding hydrogens is 240 g/mol. The van der Waals surface area contributed by atoms with Crippen LogP contribution in [0.3, 0.4) is 0 Å². The molecule has 4 heteroatoms. The number of nitrogens with one attached hydrogen (secondary N) is 2. The first-order valence-electron chi connectivity index (χ1n) is 6.21. The van der Waals surface area contributed by atoms with Gasteiger partial charge in [0.25, 0.3) is 0 Å². The molecule has 0 aliphatic rings. The quantitative estimate of drug-likeness (QED) is 0.670. The highest BCUT2D eigenvalue weighted by Gasteiger charge is 2.14. The number of hydrogen-bond donors (Lipinski definition) is 3. The Balaban J connectivity index is 2.12. The number of carboxylic acid groups (broad SMARTS) is 1. The number of rotatable bonds is 3. The average Bonchev–Trinajstić information content (AvgIpc) is 3.04. The second-order valence-corrected chi connectivity index (χ2v) is 4.52. The molecule has 2 aromatic heterocycles. The van der Waals surface area contributed by atoms with Crippen molar-refractivity contribution in [2.24, 2.45) is 0 Å². The van der Waals surface area contributed by atoms with E-state index in [0.29, 0.717) is 6.42 Å². The van der Waals surface area contributed by atoms with Gasteiger partial charge in [-0.1, -0.05) is 19.1 Å². The molecule has 0 aliphatic carbocycles. The Kier molecular flexibility index (Phi) is 2.63. The molecule has 0 bridgehead atoms. The van der Waals surface area contributed by atoms with Crippen LogP contribution in [0.4, 0.5) is 0 Å². The number of aromatic amines is 2. The van der Waals surface area contributed by atoms with Gasteiger partial charge in [0.15, 0.2) is 0 Å². The second kappa shape index (κ2) is 4.31. The Morgan fingerprint density at radius 1 is 1.26 bits per heavy atom. The van der Waals surface area contributed by atoms with Crippen LogP contribution in [0.2, 0.25) is 0 Å². The summed E-state index contributed by atoms with van der Waals surface area (Å²) in [6, 6.07) is 9.95. The first-order chi connectivity index (χ1) is 9.19. The maximum absolute atomic E-state index is 11.2. The van der Waals surface area contributed by atoms with Gasteiger partial charge >= 0.3 is 5.97 Å². The summed E-state index contributed by atoms with van der Waals surface area (Å²) in [5, 5.41) is 10.3. The monoisotopic (exact) mass is 254 g/mol. The predicted molar refractivity (Wildman–Crippen MR) is 74.4 cm³/mol. The number of H-pyrrole nitrogens is 2. The first-order valence-corrected chi connectivity index (χ1v) is 6.21. The summed E-state index contributed by atoms with van der Waals surface area (Å²) in [4.78, 5) is 17.3. The Morgan fingerprint density at radius 3 is 2.79 bits per heavy atom. The number of aromatic carboxylic acids is 1. The van der Waals surface area contributed by atoms with E-state index in [-0.39, 0.29) is 5.69 Å². The maximum atomic E-state index is 11.2. The third-order valence-corrected chi connectivity index (χ3v) is 3.36. The molecule has 1 aromatic carbocycles. The topological polar surface area (TPSA) is 68.9 Å². The molecule has 4 nitrogen and oxygen atoms in total. The van der Waals surface area contributed by atoms with Crippen LogP contribution >= 0.6 is 0 Å². The van der Waals surface area contributed by atoms with Crippen molar-refractivity contribution >= 4 is 16.9 Å². The zero-order chi connectivity index (χ0) is 13.4. The summed E-state index contributed by atoms with van der Waals surface area (Å²) in [6.07, 6.45) is 2.59. The third kappa shape index (κ3) is 1.91. The molecule has 3 N–H and O–H groups in total. The number of benzene rings is 1. The van der Waals surface area contributed by atoms with Crippen molar-refractivity contribution < 1.29 is 9.90 Å². The van der Waals surface area contributed by atoms with Gasteiger partial charge in [-0.3, -0.25) is 0 Å². The van der Waals surface area contributed by atoms with Crippen LogP contribution in [0.1, 0.15) is 23.0 Å².